The molecule has 0 saturated carbocycles. The molecule has 1 amide bonds. The van der Waals surface area contributed by atoms with Crippen molar-refractivity contribution in [3.05, 3.63) is 88.4 Å². The van der Waals surface area contributed by atoms with E-state index in [2.05, 4.69) is 0 Å². The summed E-state index contributed by atoms with van der Waals surface area (Å²) in [4.78, 5) is 28.1. The van der Waals surface area contributed by atoms with E-state index in [1.807, 2.05) is 64.1 Å². The summed E-state index contributed by atoms with van der Waals surface area (Å²) in [5.41, 5.74) is 2.89. The van der Waals surface area contributed by atoms with Crippen molar-refractivity contribution in [3.63, 3.8) is 0 Å². The van der Waals surface area contributed by atoms with Gasteiger partial charge in [0.1, 0.15) is 29.1 Å². The Morgan fingerprint density at radius 1 is 1.14 bits per heavy atom. The molecule has 4 rings (SSSR count). The van der Waals surface area contributed by atoms with E-state index in [4.69, 9.17) is 13.9 Å². The fourth-order valence-electron chi connectivity index (χ4n) is 4.61. The van der Waals surface area contributed by atoms with E-state index in [9.17, 15) is 14.7 Å². The van der Waals surface area contributed by atoms with Crippen LogP contribution in [-0.4, -0.2) is 35.4 Å². The Morgan fingerprint density at radius 2 is 1.92 bits per heavy atom. The Hall–Kier alpha value is -4.00. The van der Waals surface area contributed by atoms with Gasteiger partial charge in [0.25, 0.3) is 11.7 Å². The van der Waals surface area contributed by atoms with Crippen molar-refractivity contribution >= 4 is 17.4 Å². The normalized spacial score (nSPS) is 17.2. The monoisotopic (exact) mass is 489 g/mol. The van der Waals surface area contributed by atoms with Crippen LogP contribution in [-0.2, 0) is 16.1 Å². The minimum atomic E-state index is -0.875. The molecular formula is C29H31NO6. The number of aliphatic hydroxyl groups excluding tert-OH is 1. The molecule has 1 aliphatic heterocycles. The van der Waals surface area contributed by atoms with Crippen LogP contribution in [0, 0.1) is 6.92 Å². The van der Waals surface area contributed by atoms with Gasteiger partial charge >= 0.3 is 0 Å². The number of nitrogens with zero attached hydrogens (tertiary/aromatic N) is 1. The van der Waals surface area contributed by atoms with Crippen molar-refractivity contribution in [2.24, 2.45) is 0 Å². The summed E-state index contributed by atoms with van der Waals surface area (Å²) >= 11 is 0. The van der Waals surface area contributed by atoms with Crippen molar-refractivity contribution in [2.45, 2.75) is 46.2 Å². The third-order valence-corrected chi connectivity index (χ3v) is 6.37. The summed E-state index contributed by atoms with van der Waals surface area (Å²) in [6.45, 7) is 8.43. The largest absolute Gasteiger partial charge is 0.507 e. The number of hydrogen-bond donors (Lipinski definition) is 1. The third-order valence-electron chi connectivity index (χ3n) is 6.37. The standard InChI is InChI=1S/C29H31NO6/c1-6-35-20-10-7-9-19(14-20)16-30-26(23-11-8-12-36-23)25(28(32)29(30)33)27(31)22-15-21(17(2)3)24(34-5)13-18(22)4/h7-15,17,26,31H,6,16H2,1-5H3/b27-25+. The number of aryl methyl sites for hydroxylation is 1. The number of methoxy groups -OCH3 is 1. The summed E-state index contributed by atoms with van der Waals surface area (Å²) in [5.74, 6) is 0.209. The molecular weight excluding hydrogens is 458 g/mol. The van der Waals surface area contributed by atoms with Gasteiger partial charge in [-0.25, -0.2) is 0 Å². The maximum absolute atomic E-state index is 13.3. The van der Waals surface area contributed by atoms with Gasteiger partial charge in [-0.1, -0.05) is 26.0 Å². The Kier molecular flexibility index (Phi) is 7.20. The van der Waals surface area contributed by atoms with Crippen LogP contribution in [0.4, 0.5) is 0 Å². The topological polar surface area (TPSA) is 89.2 Å². The molecule has 2 heterocycles. The number of carbonyl (C=O) groups is 2. The first-order valence-electron chi connectivity index (χ1n) is 12.0. The first kappa shape index (κ1) is 25.1. The van der Waals surface area contributed by atoms with Crippen LogP contribution < -0.4 is 9.47 Å². The lowest BCUT2D eigenvalue weighted by molar-refractivity contribution is -0.140. The third kappa shape index (κ3) is 4.61. The Bertz CT molecular complexity index is 1310. The highest BCUT2D eigenvalue weighted by Crippen LogP contribution is 2.42. The average Bonchev–Trinajstić information content (AvgIpc) is 3.46. The van der Waals surface area contributed by atoms with E-state index in [1.165, 1.54) is 11.2 Å². The molecule has 188 valence electrons. The predicted molar refractivity (Wildman–Crippen MR) is 136 cm³/mol. The van der Waals surface area contributed by atoms with Crippen LogP contribution in [0.5, 0.6) is 11.5 Å². The first-order valence-corrected chi connectivity index (χ1v) is 12.0. The van der Waals surface area contributed by atoms with Gasteiger partial charge in [0.2, 0.25) is 0 Å². The molecule has 1 fully saturated rings. The quantitative estimate of drug-likeness (QED) is 0.247. The number of hydrogen-bond acceptors (Lipinski definition) is 6. The van der Waals surface area contributed by atoms with Crippen LogP contribution in [0.15, 0.2) is 64.8 Å². The lowest BCUT2D eigenvalue weighted by atomic mass is 9.92. The van der Waals surface area contributed by atoms with Crippen LogP contribution in [0.3, 0.4) is 0 Å². The van der Waals surface area contributed by atoms with Crippen LogP contribution in [0.1, 0.15) is 60.7 Å². The summed E-state index contributed by atoms with van der Waals surface area (Å²) < 4.78 is 16.8. The minimum Gasteiger partial charge on any atom is -0.507 e. The summed E-state index contributed by atoms with van der Waals surface area (Å²) in [5, 5.41) is 11.5. The highest BCUT2D eigenvalue weighted by molar-refractivity contribution is 6.46. The lowest BCUT2D eigenvalue weighted by Crippen LogP contribution is -2.29. The molecule has 0 spiro atoms. The summed E-state index contributed by atoms with van der Waals surface area (Å²) in [6, 6.07) is 13.6. The van der Waals surface area contributed by atoms with Crippen molar-refractivity contribution < 1.29 is 28.6 Å². The zero-order chi connectivity index (χ0) is 26.0. The van der Waals surface area contributed by atoms with Crippen LogP contribution in [0.25, 0.3) is 5.76 Å². The van der Waals surface area contributed by atoms with Gasteiger partial charge in [-0.3, -0.25) is 9.59 Å². The van der Waals surface area contributed by atoms with Crippen LogP contribution >= 0.6 is 0 Å². The maximum atomic E-state index is 13.3. The molecule has 1 unspecified atom stereocenters. The number of ketones is 1. The number of furan rings is 1. The molecule has 0 bridgehead atoms. The van der Waals surface area contributed by atoms with Gasteiger partial charge in [-0.05, 0) is 72.9 Å². The van der Waals surface area contributed by atoms with Crippen molar-refractivity contribution in [3.8, 4) is 11.5 Å². The number of Topliss-reactive ketones (excluding diaryl/α,β-unsaturated/α-hetero) is 1. The van der Waals surface area contributed by atoms with Gasteiger partial charge in [0, 0.05) is 12.1 Å². The molecule has 1 saturated heterocycles. The van der Waals surface area contributed by atoms with Gasteiger partial charge in [0.05, 0.1) is 25.6 Å². The molecule has 1 atom stereocenters. The van der Waals surface area contributed by atoms with Crippen molar-refractivity contribution in [1.29, 1.82) is 0 Å². The second-order valence-electron chi connectivity index (χ2n) is 9.09. The van der Waals surface area contributed by atoms with E-state index >= 15 is 0 Å². The number of aliphatic hydroxyl groups is 1. The number of ether oxygens (including phenoxy) is 2. The van der Waals surface area contributed by atoms with E-state index in [1.54, 1.807) is 19.2 Å². The summed E-state index contributed by atoms with van der Waals surface area (Å²) in [6.07, 6.45) is 1.49. The molecule has 1 N–H and O–H groups in total. The molecule has 0 radical (unpaired) electrons. The Balaban J connectivity index is 1.84. The molecule has 3 aromatic rings. The number of carbonyl (C=O) groups excluding carboxylic acids is 2. The van der Waals surface area contributed by atoms with Crippen LogP contribution in [0.2, 0.25) is 0 Å². The smallest absolute Gasteiger partial charge is 0.296 e. The Labute approximate surface area is 210 Å². The molecule has 0 aliphatic carbocycles. The number of amides is 1. The number of likely N-dealkylation sites (tertiary alicyclic amines) is 1. The highest BCUT2D eigenvalue weighted by atomic mass is 16.5. The average molecular weight is 490 g/mol. The molecule has 1 aromatic heterocycles. The maximum Gasteiger partial charge on any atom is 0.296 e. The molecule has 1 aliphatic rings. The second kappa shape index (κ2) is 10.3. The molecule has 7 heteroatoms. The van der Waals surface area contributed by atoms with E-state index < -0.39 is 17.7 Å². The first-order chi connectivity index (χ1) is 17.3. The zero-order valence-corrected chi connectivity index (χ0v) is 21.2. The Morgan fingerprint density at radius 3 is 2.56 bits per heavy atom. The van der Waals surface area contributed by atoms with Gasteiger partial charge in [-0.15, -0.1) is 0 Å². The van der Waals surface area contributed by atoms with E-state index in [-0.39, 0.29) is 23.8 Å². The van der Waals surface area contributed by atoms with Gasteiger partial charge in [0.15, 0.2) is 0 Å². The van der Waals surface area contributed by atoms with Crippen molar-refractivity contribution in [2.75, 3.05) is 13.7 Å². The summed E-state index contributed by atoms with van der Waals surface area (Å²) in [7, 11) is 1.60. The SMILES string of the molecule is CCOc1cccc(CN2C(=O)C(=O)/C(=C(/O)c3cc(C(C)C)c(OC)cc3C)C2c2ccco2)c1. The highest BCUT2D eigenvalue weighted by Gasteiger charge is 2.47. The second-order valence-corrected chi connectivity index (χ2v) is 9.09. The number of rotatable bonds is 8. The van der Waals surface area contributed by atoms with Crippen molar-refractivity contribution in [1.82, 2.24) is 4.90 Å². The molecule has 36 heavy (non-hydrogen) atoms. The predicted octanol–water partition coefficient (Wildman–Crippen LogP) is 5.74. The lowest BCUT2D eigenvalue weighted by Gasteiger charge is -2.24. The van der Waals surface area contributed by atoms with Gasteiger partial charge in [-0.2, -0.15) is 0 Å². The fraction of sp³-hybridized carbons (Fsp3) is 0.310. The van der Waals surface area contributed by atoms with E-state index in [0.29, 0.717) is 29.4 Å². The van der Waals surface area contributed by atoms with E-state index in [0.717, 1.165) is 16.7 Å². The molecule has 7 nitrogen and oxygen atoms in total. The molecule has 2 aromatic carbocycles. The number of benzene rings is 2. The van der Waals surface area contributed by atoms with Gasteiger partial charge < -0.3 is 23.9 Å². The zero-order valence-electron chi connectivity index (χ0n) is 21.2. The fourth-order valence-corrected chi connectivity index (χ4v) is 4.61. The minimum absolute atomic E-state index is 0.00103.